The lowest BCUT2D eigenvalue weighted by Crippen LogP contribution is -2.60. The molecule has 0 radical (unpaired) electrons. The van der Waals surface area contributed by atoms with E-state index in [1.165, 1.54) is 0 Å². The van der Waals surface area contributed by atoms with Crippen LogP contribution in [-0.2, 0) is 21.9 Å². The SMILES string of the molecule is C[N+](C)(CCCCCC(=O)O)CCCCCC(=O)NCCC[Si](O[Si](C)(C)C)(O[Si](C)(C)C)O[Si](C)(C)C. The molecule has 0 saturated carbocycles. The Morgan fingerprint density at radius 1 is 0.658 bits per heavy atom. The predicted octanol–water partition coefficient (Wildman–Crippen LogP) is 6.27. The van der Waals surface area contributed by atoms with Crippen LogP contribution in [0.25, 0.3) is 0 Å². The number of carbonyl (C=O) groups excluding carboxylic acids is 1. The van der Waals surface area contributed by atoms with E-state index in [1.807, 2.05) is 0 Å². The number of hydrogen-bond donors (Lipinski definition) is 2. The standard InChI is InChI=1S/C26H60N2O6Si4/c1-28(2,23-17-13-15-20-26(30)31)22-16-12-14-19-25(29)27-21-18-24-38(32-35(3,4)5,33-36(6,7)8)34-37(9,10)11/h12-24H2,1-11H3,(H-,27,29,30,31)/p+1. The van der Waals surface area contributed by atoms with Crippen molar-refractivity contribution >= 4 is 45.6 Å². The summed E-state index contributed by atoms with van der Waals surface area (Å²) in [5, 5.41) is 11.8. The van der Waals surface area contributed by atoms with Gasteiger partial charge in [-0.25, -0.2) is 0 Å². The highest BCUT2D eigenvalue weighted by Gasteiger charge is 2.49. The van der Waals surface area contributed by atoms with Crippen LogP contribution in [0, 0.1) is 0 Å². The first-order valence-electron chi connectivity index (χ1n) is 14.5. The molecule has 8 nitrogen and oxygen atoms in total. The Bertz CT molecular complexity index is 663. The van der Waals surface area contributed by atoms with Crippen molar-refractivity contribution in [1.29, 1.82) is 0 Å². The summed E-state index contributed by atoms with van der Waals surface area (Å²) in [5.74, 6) is -0.589. The largest absolute Gasteiger partial charge is 0.481 e. The fourth-order valence-corrected chi connectivity index (χ4v) is 19.0. The van der Waals surface area contributed by atoms with Crippen LogP contribution in [0.15, 0.2) is 0 Å². The summed E-state index contributed by atoms with van der Waals surface area (Å²) in [7, 11) is -4.02. The molecule has 1 amide bonds. The highest BCUT2D eigenvalue weighted by molar-refractivity contribution is 6.90. The zero-order chi connectivity index (χ0) is 29.7. The maximum absolute atomic E-state index is 12.4. The molecule has 0 spiro atoms. The summed E-state index contributed by atoms with van der Waals surface area (Å²) in [5.41, 5.74) is 0. The van der Waals surface area contributed by atoms with Crippen molar-refractivity contribution in [3.05, 3.63) is 0 Å². The highest BCUT2D eigenvalue weighted by Crippen LogP contribution is 2.29. The van der Waals surface area contributed by atoms with Gasteiger partial charge in [0.1, 0.15) is 0 Å². The fourth-order valence-electron chi connectivity index (χ4n) is 4.34. The van der Waals surface area contributed by atoms with Gasteiger partial charge in [-0.3, -0.25) is 9.59 Å². The molecule has 2 N–H and O–H groups in total. The smallest absolute Gasteiger partial charge is 0.469 e. The predicted molar refractivity (Wildman–Crippen MR) is 168 cm³/mol. The monoisotopic (exact) mass is 609 g/mol. The van der Waals surface area contributed by atoms with Gasteiger partial charge in [0.25, 0.3) is 0 Å². The molecule has 0 rings (SSSR count). The van der Waals surface area contributed by atoms with Crippen LogP contribution in [-0.4, -0.2) is 89.0 Å². The molecule has 0 saturated heterocycles. The average molecular weight is 610 g/mol. The van der Waals surface area contributed by atoms with Crippen LogP contribution < -0.4 is 5.32 Å². The third-order valence-electron chi connectivity index (χ3n) is 5.69. The molecule has 0 heterocycles. The number of carboxylic acid groups (broad SMARTS) is 1. The molecule has 0 bridgehead atoms. The molecule has 0 fully saturated rings. The van der Waals surface area contributed by atoms with Gasteiger partial charge >= 0.3 is 14.8 Å². The number of carbonyl (C=O) groups is 2. The molecule has 0 aliphatic carbocycles. The highest BCUT2D eigenvalue weighted by atomic mass is 28.5. The number of carboxylic acids is 1. The summed E-state index contributed by atoms with van der Waals surface area (Å²) in [6.45, 7) is 22.5. The molecule has 0 unspecified atom stereocenters. The van der Waals surface area contributed by atoms with Crippen LogP contribution in [0.5, 0.6) is 0 Å². The maximum Gasteiger partial charge on any atom is 0.469 e. The Morgan fingerprint density at radius 2 is 1.08 bits per heavy atom. The van der Waals surface area contributed by atoms with Gasteiger partial charge in [-0.05, 0) is 104 Å². The number of hydrogen-bond acceptors (Lipinski definition) is 5. The van der Waals surface area contributed by atoms with Crippen LogP contribution >= 0.6 is 0 Å². The van der Waals surface area contributed by atoms with E-state index in [4.69, 9.17) is 17.5 Å². The number of quaternary nitrogens is 1. The number of amides is 1. The van der Waals surface area contributed by atoms with E-state index in [-0.39, 0.29) is 12.3 Å². The van der Waals surface area contributed by atoms with Crippen molar-refractivity contribution in [3.8, 4) is 0 Å². The van der Waals surface area contributed by atoms with Gasteiger partial charge in [-0.15, -0.1) is 0 Å². The number of aliphatic carboxylic acids is 1. The minimum atomic E-state index is -2.84. The quantitative estimate of drug-likeness (QED) is 0.0854. The molecule has 0 atom stereocenters. The van der Waals surface area contributed by atoms with E-state index in [1.54, 1.807) is 0 Å². The molecule has 0 aliphatic heterocycles. The third-order valence-corrected chi connectivity index (χ3v) is 17.7. The normalized spacial score (nSPS) is 13.6. The third kappa shape index (κ3) is 22.5. The Balaban J connectivity index is 4.49. The van der Waals surface area contributed by atoms with Gasteiger partial charge in [0, 0.05) is 25.4 Å². The van der Waals surface area contributed by atoms with Crippen LogP contribution in [0.4, 0.5) is 0 Å². The van der Waals surface area contributed by atoms with Crippen LogP contribution in [0.3, 0.4) is 0 Å². The second-order valence-electron chi connectivity index (χ2n) is 14.2. The minimum absolute atomic E-state index is 0.118. The molecule has 0 aliphatic rings. The van der Waals surface area contributed by atoms with Crippen molar-refractivity contribution in [3.63, 3.8) is 0 Å². The van der Waals surface area contributed by atoms with Crippen molar-refractivity contribution in [2.45, 2.75) is 123 Å². The summed E-state index contributed by atoms with van der Waals surface area (Å²) in [6, 6.07) is 0.745. The molecule has 38 heavy (non-hydrogen) atoms. The first-order valence-corrected chi connectivity index (χ1v) is 26.7. The zero-order valence-electron chi connectivity index (χ0n) is 26.6. The van der Waals surface area contributed by atoms with Gasteiger partial charge in [0.15, 0.2) is 25.0 Å². The Morgan fingerprint density at radius 3 is 1.47 bits per heavy atom. The second kappa shape index (κ2) is 16.8. The number of unbranched alkanes of at least 4 members (excludes halogenated alkanes) is 4. The van der Waals surface area contributed by atoms with E-state index in [9.17, 15) is 9.59 Å². The van der Waals surface area contributed by atoms with E-state index < -0.39 is 39.7 Å². The van der Waals surface area contributed by atoms with E-state index in [0.29, 0.717) is 13.0 Å². The lowest BCUT2D eigenvalue weighted by molar-refractivity contribution is -0.890. The lowest BCUT2D eigenvalue weighted by Gasteiger charge is -2.43. The Kier molecular flexibility index (Phi) is 16.6. The molecule has 0 aromatic carbocycles. The summed E-state index contributed by atoms with van der Waals surface area (Å²) in [6.07, 6.45) is 7.46. The number of rotatable bonds is 22. The molecular formula is C26H61N2O6Si4+. The maximum atomic E-state index is 12.4. The van der Waals surface area contributed by atoms with Crippen LogP contribution in [0.1, 0.15) is 57.8 Å². The summed E-state index contributed by atoms with van der Waals surface area (Å²) < 4.78 is 21.1. The van der Waals surface area contributed by atoms with E-state index >= 15 is 0 Å². The first kappa shape index (κ1) is 37.6. The molecule has 0 aromatic rings. The Labute approximate surface area is 238 Å². The number of nitrogens with one attached hydrogen (secondary N) is 1. The van der Waals surface area contributed by atoms with Crippen molar-refractivity contribution in [2.24, 2.45) is 0 Å². The minimum Gasteiger partial charge on any atom is -0.481 e. The van der Waals surface area contributed by atoms with Gasteiger partial charge < -0.3 is 27.3 Å². The van der Waals surface area contributed by atoms with Gasteiger partial charge in [0.05, 0.1) is 27.2 Å². The summed E-state index contributed by atoms with van der Waals surface area (Å²) >= 11 is 0. The average Bonchev–Trinajstić information content (AvgIpc) is 2.66. The van der Waals surface area contributed by atoms with Crippen LogP contribution in [0.2, 0.25) is 65.0 Å². The van der Waals surface area contributed by atoms with Gasteiger partial charge in [-0.1, -0.05) is 0 Å². The Hall–Kier alpha value is -0.352. The zero-order valence-corrected chi connectivity index (χ0v) is 30.6. The van der Waals surface area contributed by atoms with Crippen molar-refractivity contribution in [2.75, 3.05) is 33.7 Å². The molecule has 12 heteroatoms. The summed E-state index contributed by atoms with van der Waals surface area (Å²) in [4.78, 5) is 23.1. The number of nitrogens with zero attached hydrogens (tertiary/aromatic N) is 1. The molecule has 226 valence electrons. The molecule has 0 aromatic heterocycles. The van der Waals surface area contributed by atoms with Gasteiger partial charge in [-0.2, -0.15) is 0 Å². The molecular weight excluding hydrogens is 549 g/mol. The first-order chi connectivity index (χ1) is 17.1. The fraction of sp³-hybridized carbons (Fsp3) is 0.923. The van der Waals surface area contributed by atoms with E-state index in [2.05, 4.69) is 78.3 Å². The van der Waals surface area contributed by atoms with Crippen molar-refractivity contribution in [1.82, 2.24) is 5.32 Å². The second-order valence-corrected chi connectivity index (χ2v) is 31.2. The topological polar surface area (TPSA) is 94.1 Å². The van der Waals surface area contributed by atoms with E-state index in [0.717, 1.165) is 68.6 Å². The van der Waals surface area contributed by atoms with Gasteiger partial charge in [0.2, 0.25) is 5.91 Å². The van der Waals surface area contributed by atoms with Crippen molar-refractivity contribution < 1.29 is 31.5 Å². The lowest BCUT2D eigenvalue weighted by atomic mass is 10.1.